The number of anilines is 1. The molecular formula is C13H9Cl2F2N3O. The number of nitrogens with one attached hydrogen (secondary N) is 1. The third kappa shape index (κ3) is 3.86. The Labute approximate surface area is 129 Å². The van der Waals surface area contributed by atoms with Gasteiger partial charge in [0.15, 0.2) is 0 Å². The van der Waals surface area contributed by atoms with Gasteiger partial charge in [0, 0.05) is 5.02 Å². The number of hydrogen-bond donors (Lipinski definition) is 1. The number of nitrogens with zero attached hydrogens (tertiary/aromatic N) is 2. The van der Waals surface area contributed by atoms with Crippen LogP contribution in [0.3, 0.4) is 0 Å². The lowest BCUT2D eigenvalue weighted by atomic mass is 10.2. The van der Waals surface area contributed by atoms with Crippen molar-refractivity contribution in [1.82, 2.24) is 9.97 Å². The molecule has 2 aromatic rings. The minimum absolute atomic E-state index is 0.0788. The van der Waals surface area contributed by atoms with Crippen molar-refractivity contribution in [1.29, 1.82) is 0 Å². The number of rotatable bonds is 3. The number of amides is 1. The second kappa shape index (κ2) is 6.32. The molecule has 0 unspecified atom stereocenters. The molecule has 0 bridgehead atoms. The third-order valence-corrected chi connectivity index (χ3v) is 3.06. The second-order valence-electron chi connectivity index (χ2n) is 4.10. The first-order valence-corrected chi connectivity index (χ1v) is 6.52. The highest BCUT2D eigenvalue weighted by molar-refractivity contribution is 6.35. The summed E-state index contributed by atoms with van der Waals surface area (Å²) in [4.78, 5) is 19.5. The zero-order valence-electron chi connectivity index (χ0n) is 10.7. The van der Waals surface area contributed by atoms with Crippen molar-refractivity contribution in [2.45, 2.75) is 13.3 Å². The van der Waals surface area contributed by atoms with E-state index in [1.807, 2.05) is 0 Å². The maximum atomic E-state index is 12.7. The van der Waals surface area contributed by atoms with Crippen molar-refractivity contribution in [3.63, 3.8) is 0 Å². The molecule has 0 aliphatic rings. The van der Waals surface area contributed by atoms with Crippen molar-refractivity contribution in [3.05, 3.63) is 51.5 Å². The largest absolute Gasteiger partial charge is 0.319 e. The average Bonchev–Trinajstić information content (AvgIpc) is 2.42. The van der Waals surface area contributed by atoms with E-state index in [1.54, 1.807) is 6.07 Å². The van der Waals surface area contributed by atoms with Crippen molar-refractivity contribution in [3.8, 4) is 0 Å². The van der Waals surface area contributed by atoms with Crippen LogP contribution in [0.25, 0.3) is 0 Å². The molecule has 0 radical (unpaired) electrons. The van der Waals surface area contributed by atoms with E-state index in [-0.39, 0.29) is 22.2 Å². The zero-order chi connectivity index (χ0) is 15.6. The molecule has 1 N–H and O–H groups in total. The molecule has 0 aliphatic heterocycles. The average molecular weight is 332 g/mol. The first kappa shape index (κ1) is 15.6. The van der Waals surface area contributed by atoms with E-state index in [0.717, 1.165) is 6.07 Å². The van der Waals surface area contributed by atoms with Crippen LogP contribution in [0.5, 0.6) is 0 Å². The molecule has 0 fully saturated rings. The van der Waals surface area contributed by atoms with E-state index in [1.165, 1.54) is 19.1 Å². The van der Waals surface area contributed by atoms with E-state index in [0.29, 0.717) is 5.02 Å². The van der Waals surface area contributed by atoms with Gasteiger partial charge in [0.05, 0.1) is 10.7 Å². The molecule has 0 saturated heterocycles. The van der Waals surface area contributed by atoms with E-state index in [9.17, 15) is 13.6 Å². The molecule has 0 saturated carbocycles. The summed E-state index contributed by atoms with van der Waals surface area (Å²) in [6, 6.07) is 5.45. The van der Waals surface area contributed by atoms with E-state index >= 15 is 0 Å². The number of carbonyl (C=O) groups excluding carboxylic acids is 1. The van der Waals surface area contributed by atoms with Gasteiger partial charge in [-0.2, -0.15) is 0 Å². The van der Waals surface area contributed by atoms with Crippen LogP contribution in [-0.4, -0.2) is 15.9 Å². The summed E-state index contributed by atoms with van der Waals surface area (Å²) in [7, 11) is 0. The number of carbonyl (C=O) groups is 1. The van der Waals surface area contributed by atoms with Gasteiger partial charge >= 0.3 is 0 Å². The lowest BCUT2D eigenvalue weighted by molar-refractivity contribution is 0.102. The molecule has 21 heavy (non-hydrogen) atoms. The molecule has 4 nitrogen and oxygen atoms in total. The summed E-state index contributed by atoms with van der Waals surface area (Å²) in [6.45, 7) is 1.43. The highest BCUT2D eigenvalue weighted by atomic mass is 35.5. The van der Waals surface area contributed by atoms with Crippen molar-refractivity contribution < 1.29 is 13.6 Å². The molecule has 1 heterocycles. The molecule has 1 aromatic heterocycles. The predicted molar refractivity (Wildman–Crippen MR) is 76.1 cm³/mol. The highest BCUT2D eigenvalue weighted by Gasteiger charge is 2.16. The normalized spacial score (nSPS) is 10.8. The Morgan fingerprint density at radius 1 is 1.24 bits per heavy atom. The Hall–Kier alpha value is -1.79. The monoisotopic (exact) mass is 331 g/mol. The molecule has 8 heteroatoms. The van der Waals surface area contributed by atoms with Gasteiger partial charge in [-0.1, -0.05) is 23.2 Å². The smallest absolute Gasteiger partial charge is 0.280 e. The van der Waals surface area contributed by atoms with Gasteiger partial charge in [-0.15, -0.1) is 0 Å². The Kier molecular flexibility index (Phi) is 4.69. The number of halogens is 4. The maximum Gasteiger partial charge on any atom is 0.280 e. The second-order valence-corrected chi connectivity index (χ2v) is 4.95. The number of hydrogen-bond acceptors (Lipinski definition) is 3. The number of benzene rings is 1. The molecular weight excluding hydrogens is 323 g/mol. The summed E-state index contributed by atoms with van der Waals surface area (Å²) in [5.41, 5.74) is -0.414. The summed E-state index contributed by atoms with van der Waals surface area (Å²) >= 11 is 11.7. The van der Waals surface area contributed by atoms with Crippen LogP contribution in [0.4, 0.5) is 14.5 Å². The Bertz CT molecular complexity index is 695. The fraction of sp³-hybridized carbons (Fsp3) is 0.154. The molecule has 0 aliphatic carbocycles. The fourth-order valence-electron chi connectivity index (χ4n) is 1.60. The Morgan fingerprint density at radius 3 is 2.62 bits per heavy atom. The molecule has 0 atom stereocenters. The molecule has 2 rings (SSSR count). The van der Waals surface area contributed by atoms with Crippen LogP contribution in [0.15, 0.2) is 24.3 Å². The van der Waals surface area contributed by atoms with Crippen LogP contribution in [0, 0.1) is 6.92 Å². The van der Waals surface area contributed by atoms with E-state index < -0.39 is 18.0 Å². The van der Waals surface area contributed by atoms with Crippen LogP contribution in [0.1, 0.15) is 28.4 Å². The first-order valence-electron chi connectivity index (χ1n) is 5.77. The lowest BCUT2D eigenvalue weighted by Crippen LogP contribution is -2.16. The quantitative estimate of drug-likeness (QED) is 0.913. The molecule has 1 amide bonds. The Balaban J connectivity index is 2.30. The van der Waals surface area contributed by atoms with Gasteiger partial charge in [0.1, 0.15) is 17.2 Å². The minimum Gasteiger partial charge on any atom is -0.319 e. The summed E-state index contributed by atoms with van der Waals surface area (Å²) in [6.07, 6.45) is -2.78. The Morgan fingerprint density at radius 2 is 1.95 bits per heavy atom. The number of aryl methyl sites for hydroxylation is 1. The van der Waals surface area contributed by atoms with Crippen LogP contribution >= 0.6 is 23.2 Å². The minimum atomic E-state index is -2.78. The van der Waals surface area contributed by atoms with Gasteiger partial charge in [-0.3, -0.25) is 4.79 Å². The standard InChI is InChI=1S/C13H9Cl2F2N3O/c1-6-18-10(12(16)17)5-11(19-6)13(21)20-9-4-7(14)2-3-8(9)15/h2-5,12H,1H3,(H,20,21). The van der Waals surface area contributed by atoms with Gasteiger partial charge in [-0.25, -0.2) is 18.7 Å². The third-order valence-electron chi connectivity index (χ3n) is 2.49. The SMILES string of the molecule is Cc1nc(C(=O)Nc2cc(Cl)ccc2Cl)cc(C(F)F)n1. The topological polar surface area (TPSA) is 54.9 Å². The first-order chi connectivity index (χ1) is 9.86. The van der Waals surface area contributed by atoms with Gasteiger partial charge < -0.3 is 5.32 Å². The van der Waals surface area contributed by atoms with Crippen LogP contribution < -0.4 is 5.32 Å². The van der Waals surface area contributed by atoms with E-state index in [2.05, 4.69) is 15.3 Å². The molecule has 0 spiro atoms. The van der Waals surface area contributed by atoms with Crippen molar-refractivity contribution >= 4 is 34.8 Å². The van der Waals surface area contributed by atoms with Gasteiger partial charge in [0.2, 0.25) is 0 Å². The maximum absolute atomic E-state index is 12.7. The molecule has 110 valence electrons. The van der Waals surface area contributed by atoms with Crippen LogP contribution in [-0.2, 0) is 0 Å². The fourth-order valence-corrected chi connectivity index (χ4v) is 1.94. The van der Waals surface area contributed by atoms with Gasteiger partial charge in [0.25, 0.3) is 12.3 Å². The molecule has 1 aromatic carbocycles. The van der Waals surface area contributed by atoms with Crippen molar-refractivity contribution in [2.75, 3.05) is 5.32 Å². The lowest BCUT2D eigenvalue weighted by Gasteiger charge is -2.08. The number of aromatic nitrogens is 2. The van der Waals surface area contributed by atoms with Crippen LogP contribution in [0.2, 0.25) is 10.0 Å². The zero-order valence-corrected chi connectivity index (χ0v) is 12.2. The van der Waals surface area contributed by atoms with Crippen molar-refractivity contribution in [2.24, 2.45) is 0 Å². The summed E-state index contributed by atoms with van der Waals surface area (Å²) in [5, 5.41) is 3.12. The van der Waals surface area contributed by atoms with Gasteiger partial charge in [-0.05, 0) is 31.2 Å². The predicted octanol–water partition coefficient (Wildman–Crippen LogP) is 4.28. The number of alkyl halides is 2. The summed E-state index contributed by atoms with van der Waals surface area (Å²) in [5.74, 6) is -0.596. The highest BCUT2D eigenvalue weighted by Crippen LogP contribution is 2.26. The summed E-state index contributed by atoms with van der Waals surface area (Å²) < 4.78 is 25.3. The van der Waals surface area contributed by atoms with E-state index in [4.69, 9.17) is 23.2 Å².